The molecule has 0 fully saturated rings. The summed E-state index contributed by atoms with van der Waals surface area (Å²) in [6, 6.07) is 12.0. The number of rotatable bonds is 4. The van der Waals surface area contributed by atoms with Crippen LogP contribution in [0.15, 0.2) is 51.7 Å². The smallest absolute Gasteiger partial charge is 0.297 e. The van der Waals surface area contributed by atoms with Gasteiger partial charge in [-0.3, -0.25) is 14.5 Å². The van der Waals surface area contributed by atoms with Crippen LogP contribution in [0.25, 0.3) is 11.0 Å². The number of aromatic nitrogens is 2. The third-order valence-corrected chi connectivity index (χ3v) is 6.77. The average molecular weight is 452 g/mol. The summed E-state index contributed by atoms with van der Waals surface area (Å²) in [6.45, 7) is 4.00. The molecule has 1 atom stereocenters. The minimum atomic E-state index is -0.690. The topological polar surface area (TPSA) is 76.3 Å². The van der Waals surface area contributed by atoms with Gasteiger partial charge in [0.2, 0.25) is 10.9 Å². The van der Waals surface area contributed by atoms with Crippen molar-refractivity contribution in [1.82, 2.24) is 10.2 Å². The van der Waals surface area contributed by atoms with Crippen LogP contribution in [-0.2, 0) is 12.8 Å². The van der Waals surface area contributed by atoms with Gasteiger partial charge < -0.3 is 4.42 Å². The lowest BCUT2D eigenvalue weighted by Gasteiger charge is -2.22. The molecule has 0 N–H and O–H groups in total. The maximum absolute atomic E-state index is 13.6. The van der Waals surface area contributed by atoms with E-state index in [9.17, 15) is 9.59 Å². The molecule has 1 aliphatic rings. The Kier molecular flexibility index (Phi) is 4.87. The van der Waals surface area contributed by atoms with Crippen molar-refractivity contribution in [2.24, 2.45) is 0 Å². The highest BCUT2D eigenvalue weighted by Gasteiger charge is 2.45. The highest BCUT2D eigenvalue weighted by Crippen LogP contribution is 2.42. The van der Waals surface area contributed by atoms with E-state index in [1.807, 2.05) is 32.0 Å². The van der Waals surface area contributed by atoms with Gasteiger partial charge in [0.05, 0.1) is 17.0 Å². The minimum Gasteiger partial charge on any atom is -0.450 e. The fraction of sp³-hybridized carbons (Fsp3) is 0.217. The number of hydrogen-bond donors (Lipinski definition) is 0. The maximum atomic E-state index is 13.6. The first-order valence-corrected chi connectivity index (χ1v) is 11.2. The molecular weight excluding hydrogens is 434 g/mol. The van der Waals surface area contributed by atoms with E-state index >= 15 is 0 Å². The molecule has 0 spiro atoms. The predicted molar refractivity (Wildman–Crippen MR) is 121 cm³/mol. The number of carbonyl (C=O) groups is 1. The molecule has 1 aliphatic heterocycles. The Morgan fingerprint density at radius 3 is 2.65 bits per heavy atom. The Labute approximate surface area is 187 Å². The summed E-state index contributed by atoms with van der Waals surface area (Å²) < 4.78 is 6.00. The predicted octanol–water partition coefficient (Wildman–Crippen LogP) is 5.17. The molecule has 3 heterocycles. The van der Waals surface area contributed by atoms with Crippen molar-refractivity contribution in [3.63, 3.8) is 0 Å². The molecule has 6 nitrogen and oxygen atoms in total. The zero-order valence-corrected chi connectivity index (χ0v) is 18.5. The normalized spacial score (nSPS) is 15.6. The number of carbonyl (C=O) groups excluding carboxylic acids is 1. The summed E-state index contributed by atoms with van der Waals surface area (Å²) in [5.74, 6) is -0.364. The number of nitrogens with zero attached hydrogens (tertiary/aromatic N) is 3. The molecule has 0 bridgehead atoms. The van der Waals surface area contributed by atoms with Crippen LogP contribution in [0, 0.1) is 0 Å². The number of halogens is 1. The molecule has 2 aromatic heterocycles. The van der Waals surface area contributed by atoms with Gasteiger partial charge in [-0.25, -0.2) is 0 Å². The van der Waals surface area contributed by atoms with Crippen LogP contribution < -0.4 is 10.3 Å². The monoisotopic (exact) mass is 451 g/mol. The largest absolute Gasteiger partial charge is 0.450 e. The van der Waals surface area contributed by atoms with E-state index in [-0.39, 0.29) is 11.2 Å². The lowest BCUT2D eigenvalue weighted by Crippen LogP contribution is -2.29. The van der Waals surface area contributed by atoms with Crippen LogP contribution in [0.2, 0.25) is 5.02 Å². The summed E-state index contributed by atoms with van der Waals surface area (Å²) in [5.41, 5.74) is 2.23. The van der Waals surface area contributed by atoms with Gasteiger partial charge in [-0.1, -0.05) is 55.0 Å². The zero-order valence-electron chi connectivity index (χ0n) is 16.9. The molecule has 5 rings (SSSR count). The molecule has 1 amide bonds. The van der Waals surface area contributed by atoms with E-state index in [1.165, 1.54) is 16.2 Å². The molecule has 0 saturated carbocycles. The Morgan fingerprint density at radius 1 is 1.10 bits per heavy atom. The Bertz CT molecular complexity index is 1390. The maximum Gasteiger partial charge on any atom is 0.297 e. The zero-order chi connectivity index (χ0) is 21.7. The minimum absolute atomic E-state index is 0.0416. The molecule has 31 heavy (non-hydrogen) atoms. The first-order chi connectivity index (χ1) is 15.0. The van der Waals surface area contributed by atoms with Crippen LogP contribution in [0.1, 0.15) is 52.1 Å². The van der Waals surface area contributed by atoms with Gasteiger partial charge in [-0.05, 0) is 48.2 Å². The number of aryl methyl sites for hydroxylation is 2. The van der Waals surface area contributed by atoms with Crippen LogP contribution in [0.4, 0.5) is 5.13 Å². The highest BCUT2D eigenvalue weighted by molar-refractivity contribution is 7.15. The quantitative estimate of drug-likeness (QED) is 0.427. The second-order valence-corrected chi connectivity index (χ2v) is 8.80. The van der Waals surface area contributed by atoms with Crippen molar-refractivity contribution in [3.05, 3.63) is 85.2 Å². The molecule has 0 aliphatic carbocycles. The van der Waals surface area contributed by atoms with Gasteiger partial charge in [0, 0.05) is 5.02 Å². The average Bonchev–Trinajstić information content (AvgIpc) is 3.36. The van der Waals surface area contributed by atoms with E-state index in [0.717, 1.165) is 17.0 Å². The molecule has 1 unspecified atom stereocenters. The van der Waals surface area contributed by atoms with Crippen LogP contribution in [0.5, 0.6) is 0 Å². The van der Waals surface area contributed by atoms with Crippen molar-refractivity contribution in [3.8, 4) is 0 Å². The molecule has 156 valence electrons. The third-order valence-electron chi connectivity index (χ3n) is 5.47. The van der Waals surface area contributed by atoms with E-state index < -0.39 is 11.9 Å². The van der Waals surface area contributed by atoms with Crippen molar-refractivity contribution in [2.75, 3.05) is 4.90 Å². The van der Waals surface area contributed by atoms with Crippen molar-refractivity contribution < 1.29 is 9.21 Å². The van der Waals surface area contributed by atoms with Crippen molar-refractivity contribution in [2.45, 2.75) is 32.7 Å². The second-order valence-electron chi connectivity index (χ2n) is 7.32. The first-order valence-electron chi connectivity index (χ1n) is 10.0. The van der Waals surface area contributed by atoms with Gasteiger partial charge in [0.25, 0.3) is 5.91 Å². The van der Waals surface area contributed by atoms with Gasteiger partial charge >= 0.3 is 0 Å². The Balaban J connectivity index is 1.80. The fourth-order valence-electron chi connectivity index (χ4n) is 3.91. The summed E-state index contributed by atoms with van der Waals surface area (Å²) in [5, 5.41) is 10.6. The lowest BCUT2D eigenvalue weighted by molar-refractivity contribution is 0.0970. The molecule has 0 radical (unpaired) electrons. The second kappa shape index (κ2) is 7.59. The number of amides is 1. The lowest BCUT2D eigenvalue weighted by atomic mass is 9.98. The Morgan fingerprint density at radius 2 is 1.94 bits per heavy atom. The van der Waals surface area contributed by atoms with Crippen molar-refractivity contribution >= 4 is 44.9 Å². The molecule has 2 aromatic carbocycles. The summed E-state index contributed by atoms with van der Waals surface area (Å²) in [4.78, 5) is 28.6. The standard InChI is InChI=1S/C23H18ClN3O3S/c1-3-12-8-9-16-15(10-12)20(28)18-19(13-6-5-7-14(24)11-13)27(22(29)21(18)30-16)23-26-25-17(4-2)31-23/h5-11,19H,3-4H2,1-2H3. The molecular formula is C23H18ClN3O3S. The first kappa shape index (κ1) is 19.9. The van der Waals surface area contributed by atoms with E-state index in [0.29, 0.717) is 38.7 Å². The van der Waals surface area contributed by atoms with Crippen LogP contribution in [0.3, 0.4) is 0 Å². The third kappa shape index (κ3) is 3.16. The number of hydrogen-bond acceptors (Lipinski definition) is 6. The number of benzene rings is 2. The van der Waals surface area contributed by atoms with Gasteiger partial charge in [-0.2, -0.15) is 0 Å². The summed E-state index contributed by atoms with van der Waals surface area (Å²) in [6.07, 6.45) is 1.50. The summed E-state index contributed by atoms with van der Waals surface area (Å²) in [7, 11) is 0. The molecule has 8 heteroatoms. The fourth-order valence-corrected chi connectivity index (χ4v) is 4.92. The number of anilines is 1. The Hall–Kier alpha value is -3.03. The summed E-state index contributed by atoms with van der Waals surface area (Å²) >= 11 is 7.58. The van der Waals surface area contributed by atoms with Crippen LogP contribution in [-0.4, -0.2) is 16.1 Å². The number of fused-ring (bicyclic) bond motifs is 2. The van der Waals surface area contributed by atoms with Gasteiger partial charge in [0.15, 0.2) is 5.43 Å². The van der Waals surface area contributed by atoms with Gasteiger partial charge in [0.1, 0.15) is 10.6 Å². The van der Waals surface area contributed by atoms with E-state index in [4.69, 9.17) is 16.0 Å². The highest BCUT2D eigenvalue weighted by atomic mass is 35.5. The van der Waals surface area contributed by atoms with Crippen LogP contribution >= 0.6 is 22.9 Å². The van der Waals surface area contributed by atoms with E-state index in [2.05, 4.69) is 10.2 Å². The van der Waals surface area contributed by atoms with Gasteiger partial charge in [-0.15, -0.1) is 10.2 Å². The SMILES string of the molecule is CCc1ccc2oc3c(c(=O)c2c1)C(c1cccc(Cl)c1)N(c1nnc(CC)s1)C3=O. The molecule has 4 aromatic rings. The van der Waals surface area contributed by atoms with E-state index in [1.54, 1.807) is 24.3 Å². The molecule has 0 saturated heterocycles. The van der Waals surface area contributed by atoms with Crippen molar-refractivity contribution in [1.29, 1.82) is 0 Å².